The molecular formula is C14H8ClF4N3. The van der Waals surface area contributed by atoms with E-state index in [0.717, 1.165) is 18.3 Å². The van der Waals surface area contributed by atoms with Crippen LogP contribution in [0.3, 0.4) is 0 Å². The summed E-state index contributed by atoms with van der Waals surface area (Å²) in [6.07, 6.45) is -3.78. The summed E-state index contributed by atoms with van der Waals surface area (Å²) in [4.78, 5) is 7.84. The van der Waals surface area contributed by atoms with E-state index >= 15 is 0 Å². The van der Waals surface area contributed by atoms with Crippen LogP contribution in [0, 0.1) is 5.82 Å². The van der Waals surface area contributed by atoms with Gasteiger partial charge >= 0.3 is 6.18 Å². The first-order valence-electron chi connectivity index (χ1n) is 6.12. The Hall–Kier alpha value is -2.15. The van der Waals surface area contributed by atoms with Gasteiger partial charge in [-0.05, 0) is 24.3 Å². The van der Waals surface area contributed by atoms with Crippen LogP contribution in [0.4, 0.5) is 17.6 Å². The number of aromatic nitrogens is 3. The smallest absolute Gasteiger partial charge is 0.312 e. The molecule has 0 radical (unpaired) electrons. The number of fused-ring (bicyclic) bond motifs is 1. The van der Waals surface area contributed by atoms with Gasteiger partial charge in [-0.25, -0.2) is 14.4 Å². The van der Waals surface area contributed by atoms with Crippen molar-refractivity contribution >= 4 is 22.8 Å². The predicted octanol–water partition coefficient (Wildman–Crippen LogP) is 4.45. The highest BCUT2D eigenvalue weighted by molar-refractivity contribution is 6.30. The van der Waals surface area contributed by atoms with Crippen molar-refractivity contribution in [1.82, 2.24) is 14.5 Å². The highest BCUT2D eigenvalue weighted by Crippen LogP contribution is 2.32. The summed E-state index contributed by atoms with van der Waals surface area (Å²) in [7, 11) is 1.55. The van der Waals surface area contributed by atoms with Gasteiger partial charge in [0.2, 0.25) is 0 Å². The van der Waals surface area contributed by atoms with E-state index in [-0.39, 0.29) is 27.6 Å². The molecule has 0 unspecified atom stereocenters. The fraction of sp³-hybridized carbons (Fsp3) is 0.143. The topological polar surface area (TPSA) is 30.7 Å². The number of aryl methyl sites for hydroxylation is 1. The first kappa shape index (κ1) is 14.8. The van der Waals surface area contributed by atoms with Crippen LogP contribution in [0.25, 0.3) is 22.6 Å². The van der Waals surface area contributed by atoms with E-state index in [9.17, 15) is 17.6 Å². The van der Waals surface area contributed by atoms with E-state index < -0.39 is 17.6 Å². The second-order valence-corrected chi connectivity index (χ2v) is 5.12. The van der Waals surface area contributed by atoms with E-state index in [0.29, 0.717) is 0 Å². The molecule has 1 aromatic carbocycles. The molecular weight excluding hydrogens is 322 g/mol. The molecule has 0 amide bonds. The number of pyridine rings is 1. The van der Waals surface area contributed by atoms with Gasteiger partial charge in [-0.2, -0.15) is 13.2 Å². The highest BCUT2D eigenvalue weighted by atomic mass is 35.5. The number of halogens is 5. The number of rotatable bonds is 1. The van der Waals surface area contributed by atoms with E-state index in [1.165, 1.54) is 16.7 Å². The molecule has 0 N–H and O–H groups in total. The minimum absolute atomic E-state index is 0.0432. The third-order valence-corrected chi connectivity index (χ3v) is 3.44. The lowest BCUT2D eigenvalue weighted by Gasteiger charge is -2.05. The molecule has 0 bridgehead atoms. The number of nitrogens with zero attached hydrogens (tertiary/aromatic N) is 3. The molecule has 8 heteroatoms. The predicted molar refractivity (Wildman–Crippen MR) is 73.9 cm³/mol. The second kappa shape index (κ2) is 4.95. The fourth-order valence-electron chi connectivity index (χ4n) is 2.14. The molecule has 0 spiro atoms. The monoisotopic (exact) mass is 329 g/mol. The quantitative estimate of drug-likeness (QED) is 0.618. The minimum atomic E-state index is -4.51. The largest absolute Gasteiger partial charge is 0.417 e. The molecule has 0 atom stereocenters. The van der Waals surface area contributed by atoms with Crippen molar-refractivity contribution in [3.63, 3.8) is 0 Å². The van der Waals surface area contributed by atoms with Gasteiger partial charge in [0.1, 0.15) is 17.2 Å². The summed E-state index contributed by atoms with van der Waals surface area (Å²) < 4.78 is 53.5. The summed E-state index contributed by atoms with van der Waals surface area (Å²) in [5, 5.41) is 0.220. The Morgan fingerprint density at radius 3 is 2.55 bits per heavy atom. The molecule has 0 aliphatic heterocycles. The Morgan fingerprint density at radius 2 is 1.91 bits per heavy atom. The van der Waals surface area contributed by atoms with Crippen LogP contribution >= 0.6 is 11.6 Å². The Kier molecular flexibility index (Phi) is 3.32. The molecule has 0 aliphatic rings. The van der Waals surface area contributed by atoms with Crippen molar-refractivity contribution in [1.29, 1.82) is 0 Å². The zero-order chi connectivity index (χ0) is 16.1. The Morgan fingerprint density at radius 1 is 1.18 bits per heavy atom. The van der Waals surface area contributed by atoms with Crippen molar-refractivity contribution in [2.75, 3.05) is 0 Å². The molecule has 3 nitrogen and oxygen atoms in total. The van der Waals surface area contributed by atoms with Gasteiger partial charge in [0.05, 0.1) is 11.1 Å². The molecule has 0 saturated carbocycles. The van der Waals surface area contributed by atoms with Gasteiger partial charge in [0.15, 0.2) is 5.65 Å². The lowest BCUT2D eigenvalue weighted by Crippen LogP contribution is -2.05. The molecule has 0 saturated heterocycles. The highest BCUT2D eigenvalue weighted by Gasteiger charge is 2.31. The standard InChI is InChI=1S/C14H8ClF4N3/c1-22-12(9-3-2-8(15)5-10(9)16)21-11-4-7(14(17,18)19)6-20-13(11)22/h2-6H,1H3. The number of hydrogen-bond acceptors (Lipinski definition) is 2. The third-order valence-electron chi connectivity index (χ3n) is 3.21. The number of hydrogen-bond donors (Lipinski definition) is 0. The summed E-state index contributed by atoms with van der Waals surface area (Å²) >= 11 is 5.69. The average molecular weight is 330 g/mol. The van der Waals surface area contributed by atoms with Gasteiger partial charge < -0.3 is 4.57 Å². The number of alkyl halides is 3. The molecule has 114 valence electrons. The van der Waals surface area contributed by atoms with Crippen molar-refractivity contribution < 1.29 is 17.6 Å². The van der Waals surface area contributed by atoms with Crippen molar-refractivity contribution in [3.8, 4) is 11.4 Å². The summed E-state index contributed by atoms with van der Waals surface area (Å²) in [6, 6.07) is 4.90. The first-order valence-corrected chi connectivity index (χ1v) is 6.50. The van der Waals surface area contributed by atoms with Crippen LogP contribution in [-0.4, -0.2) is 14.5 Å². The van der Waals surface area contributed by atoms with Crippen molar-refractivity contribution in [2.24, 2.45) is 7.05 Å². The second-order valence-electron chi connectivity index (χ2n) is 4.68. The normalized spacial score (nSPS) is 12.1. The Bertz CT molecular complexity index is 870. The summed E-state index contributed by atoms with van der Waals surface area (Å²) in [6.45, 7) is 0. The maximum absolute atomic E-state index is 14.0. The SMILES string of the molecule is Cn1c(-c2ccc(Cl)cc2F)nc2cc(C(F)(F)F)cnc21. The van der Waals surface area contributed by atoms with Gasteiger partial charge in [-0.1, -0.05) is 11.6 Å². The maximum atomic E-state index is 14.0. The number of benzene rings is 1. The molecule has 3 rings (SSSR count). The van der Waals surface area contributed by atoms with Crippen LogP contribution in [0.15, 0.2) is 30.5 Å². The fourth-order valence-corrected chi connectivity index (χ4v) is 2.30. The van der Waals surface area contributed by atoms with Crippen LogP contribution < -0.4 is 0 Å². The van der Waals surface area contributed by atoms with E-state index in [4.69, 9.17) is 11.6 Å². The van der Waals surface area contributed by atoms with Crippen LogP contribution in [0.2, 0.25) is 5.02 Å². The lowest BCUT2D eigenvalue weighted by molar-refractivity contribution is -0.137. The molecule has 0 fully saturated rings. The average Bonchev–Trinajstić information content (AvgIpc) is 2.75. The molecule has 2 heterocycles. The number of imidazole rings is 1. The zero-order valence-electron chi connectivity index (χ0n) is 11.1. The minimum Gasteiger partial charge on any atom is -0.312 e. The van der Waals surface area contributed by atoms with E-state index in [1.54, 1.807) is 7.05 Å². The van der Waals surface area contributed by atoms with E-state index in [1.807, 2.05) is 0 Å². The molecule has 22 heavy (non-hydrogen) atoms. The summed E-state index contributed by atoms with van der Waals surface area (Å²) in [5.41, 5.74) is -0.487. The van der Waals surface area contributed by atoms with Gasteiger partial charge in [-0.3, -0.25) is 0 Å². The summed E-state index contributed by atoms with van der Waals surface area (Å²) in [5.74, 6) is -0.432. The first-order chi connectivity index (χ1) is 10.3. The van der Waals surface area contributed by atoms with Crippen LogP contribution in [-0.2, 0) is 13.2 Å². The van der Waals surface area contributed by atoms with Crippen LogP contribution in [0.5, 0.6) is 0 Å². The van der Waals surface area contributed by atoms with Gasteiger partial charge in [0.25, 0.3) is 0 Å². The van der Waals surface area contributed by atoms with Gasteiger partial charge in [0, 0.05) is 18.3 Å². The van der Waals surface area contributed by atoms with Crippen molar-refractivity contribution in [3.05, 3.63) is 46.9 Å². The third kappa shape index (κ3) is 2.41. The maximum Gasteiger partial charge on any atom is 0.417 e. The molecule has 2 aromatic heterocycles. The van der Waals surface area contributed by atoms with Gasteiger partial charge in [-0.15, -0.1) is 0 Å². The van der Waals surface area contributed by atoms with Crippen LogP contribution in [0.1, 0.15) is 5.56 Å². The lowest BCUT2D eigenvalue weighted by atomic mass is 10.2. The zero-order valence-corrected chi connectivity index (χ0v) is 11.9. The molecule has 3 aromatic rings. The van der Waals surface area contributed by atoms with Crippen molar-refractivity contribution in [2.45, 2.75) is 6.18 Å². The molecule has 0 aliphatic carbocycles. The Balaban J connectivity index is 2.21. The Labute approximate surface area is 127 Å². The van der Waals surface area contributed by atoms with E-state index in [2.05, 4.69) is 9.97 Å².